The summed E-state index contributed by atoms with van der Waals surface area (Å²) < 4.78 is 32.7. The van der Waals surface area contributed by atoms with Gasteiger partial charge >= 0.3 is 25.7 Å². The minimum absolute atomic E-state index is 0.0174. The number of nitrogens with two attached hydrogens (primary N) is 1. The number of rotatable bonds is 37. The molecule has 0 aromatic rings. The minimum atomic E-state index is -4.79. The molecule has 8 unspecified atom stereocenters. The van der Waals surface area contributed by atoms with Gasteiger partial charge in [-0.15, -0.1) is 0 Å². The largest absolute Gasteiger partial charge is 0.480 e. The van der Waals surface area contributed by atoms with E-state index in [4.69, 9.17) is 24.8 Å². The van der Waals surface area contributed by atoms with Crippen LogP contribution in [-0.4, -0.2) is 93.5 Å². The number of carboxylic acid groups (broad SMARTS) is 1. The zero-order valence-electron chi connectivity index (χ0n) is 35.9. The number of aliphatic hydroxyl groups excluding tert-OH is 3. The first kappa shape index (κ1) is 54.6. The Hall–Kier alpha value is -2.42. The van der Waals surface area contributed by atoms with Gasteiger partial charge in [0.2, 0.25) is 0 Å². The fraction of sp³-hybridized carbons (Fsp3) is 0.795. The van der Waals surface area contributed by atoms with Crippen molar-refractivity contribution in [2.24, 2.45) is 17.6 Å². The van der Waals surface area contributed by atoms with E-state index < -0.39 is 76.0 Å². The average molecular weight is 860 g/mol. The minimum Gasteiger partial charge on any atom is -0.480 e. The molecule has 1 aliphatic carbocycles. The van der Waals surface area contributed by atoms with Gasteiger partial charge < -0.3 is 40.5 Å². The zero-order valence-corrected chi connectivity index (χ0v) is 36.8. The van der Waals surface area contributed by atoms with E-state index in [0.717, 1.165) is 57.8 Å². The van der Waals surface area contributed by atoms with Gasteiger partial charge in [0, 0.05) is 25.2 Å². The fourth-order valence-corrected chi connectivity index (χ4v) is 7.60. The highest BCUT2D eigenvalue weighted by Crippen LogP contribution is 2.43. The van der Waals surface area contributed by atoms with E-state index in [9.17, 15) is 39.2 Å². The fourth-order valence-electron chi connectivity index (χ4n) is 6.82. The lowest BCUT2D eigenvalue weighted by atomic mass is 9.89. The number of aliphatic hydroxyl groups is 3. The summed E-state index contributed by atoms with van der Waals surface area (Å²) in [7, 11) is -4.79. The molecular weight excluding hydrogens is 781 g/mol. The highest BCUT2D eigenvalue weighted by molar-refractivity contribution is 7.47. The summed E-state index contributed by atoms with van der Waals surface area (Å²) in [5.74, 6) is -3.10. The molecule has 0 radical (unpaired) electrons. The van der Waals surface area contributed by atoms with Crippen LogP contribution >= 0.6 is 7.82 Å². The Morgan fingerprint density at radius 1 is 0.729 bits per heavy atom. The lowest BCUT2D eigenvalue weighted by Crippen LogP contribution is -2.34. The van der Waals surface area contributed by atoms with Crippen molar-refractivity contribution in [2.75, 3.05) is 19.8 Å². The Bertz CT molecular complexity index is 1260. The van der Waals surface area contributed by atoms with Crippen LogP contribution in [0.1, 0.15) is 162 Å². The van der Waals surface area contributed by atoms with E-state index in [-0.39, 0.29) is 31.1 Å². The maximum atomic E-state index is 12.7. The standard InChI is InChI=1S/C44H78NO13P/c1-3-5-7-8-9-10-11-12-13-14-15-16-17-18-23-27-42(49)55-32-36(33-56-59(53,54)57-34-39(45)44(51)52)58-43(50)28-24-20-19-22-26-37-38(41(48)31-40(37)47)30-29-35(46)25-21-6-4-2/h12-13,19,22,29-30,35-41,46-48H,3-11,14-18,20-21,23-28,31-34,45H2,1-2H3,(H,51,52)(H,53,54)/b13-12-,22-19-,30-29+. The maximum Gasteiger partial charge on any atom is 0.472 e. The number of unbranched alkanes of at least 4 members (excludes halogenated alkanes) is 14. The molecule has 342 valence electrons. The number of phosphoric acid groups is 1. The molecule has 0 heterocycles. The van der Waals surface area contributed by atoms with Gasteiger partial charge in [-0.3, -0.25) is 23.4 Å². The molecule has 8 atom stereocenters. The molecule has 7 N–H and O–H groups in total. The third-order valence-electron chi connectivity index (χ3n) is 10.4. The van der Waals surface area contributed by atoms with E-state index in [1.807, 2.05) is 18.2 Å². The van der Waals surface area contributed by atoms with Crippen LogP contribution in [0.15, 0.2) is 36.5 Å². The normalized spacial score (nSPS) is 20.9. The third kappa shape index (κ3) is 28.7. The number of phosphoric ester groups is 1. The summed E-state index contributed by atoms with van der Waals surface area (Å²) in [5.41, 5.74) is 5.33. The summed E-state index contributed by atoms with van der Waals surface area (Å²) in [6, 6.07) is -1.56. The monoisotopic (exact) mass is 860 g/mol. The molecule has 1 rings (SSSR count). The van der Waals surface area contributed by atoms with E-state index in [1.165, 1.54) is 38.5 Å². The summed E-state index contributed by atoms with van der Waals surface area (Å²) in [4.78, 5) is 46.2. The van der Waals surface area contributed by atoms with Crippen LogP contribution in [0.2, 0.25) is 0 Å². The lowest BCUT2D eigenvalue weighted by Gasteiger charge is -2.20. The van der Waals surface area contributed by atoms with Crippen molar-refractivity contribution in [3.8, 4) is 0 Å². The van der Waals surface area contributed by atoms with Crippen LogP contribution in [0.25, 0.3) is 0 Å². The Kier molecular flexibility index (Phi) is 31.6. The van der Waals surface area contributed by atoms with Crippen LogP contribution in [-0.2, 0) is 37.5 Å². The van der Waals surface area contributed by atoms with Crippen LogP contribution in [0.3, 0.4) is 0 Å². The molecule has 0 aromatic carbocycles. The Morgan fingerprint density at radius 2 is 1.29 bits per heavy atom. The summed E-state index contributed by atoms with van der Waals surface area (Å²) in [5, 5.41) is 40.2. The lowest BCUT2D eigenvalue weighted by molar-refractivity contribution is -0.161. The summed E-state index contributed by atoms with van der Waals surface area (Å²) >= 11 is 0. The first-order valence-corrected chi connectivity index (χ1v) is 23.8. The molecule has 0 bridgehead atoms. The number of ether oxygens (including phenoxy) is 2. The molecule has 14 nitrogen and oxygen atoms in total. The van der Waals surface area contributed by atoms with E-state index in [2.05, 4.69) is 30.5 Å². The number of hydrogen-bond acceptors (Lipinski definition) is 12. The number of allylic oxidation sites excluding steroid dienone is 4. The van der Waals surface area contributed by atoms with Gasteiger partial charge in [0.05, 0.1) is 31.5 Å². The molecule has 1 fully saturated rings. The number of carbonyl (C=O) groups is 3. The van der Waals surface area contributed by atoms with Crippen molar-refractivity contribution < 1.29 is 62.8 Å². The number of carboxylic acids is 1. The third-order valence-corrected chi connectivity index (χ3v) is 11.4. The summed E-state index contributed by atoms with van der Waals surface area (Å²) in [6.45, 7) is 2.44. The van der Waals surface area contributed by atoms with Gasteiger partial charge in [-0.25, -0.2) is 4.57 Å². The van der Waals surface area contributed by atoms with Gasteiger partial charge in [-0.1, -0.05) is 121 Å². The molecule has 1 aliphatic rings. The van der Waals surface area contributed by atoms with Crippen LogP contribution < -0.4 is 5.73 Å². The van der Waals surface area contributed by atoms with Gasteiger partial charge in [0.1, 0.15) is 12.6 Å². The molecule has 0 aromatic heterocycles. The van der Waals surface area contributed by atoms with Crippen molar-refractivity contribution in [2.45, 2.75) is 192 Å². The van der Waals surface area contributed by atoms with E-state index in [0.29, 0.717) is 32.1 Å². The van der Waals surface area contributed by atoms with Crippen molar-refractivity contribution in [3.63, 3.8) is 0 Å². The van der Waals surface area contributed by atoms with Crippen LogP contribution in [0, 0.1) is 11.8 Å². The SMILES string of the molecule is CCCCCCCC/C=C\CCCCCCCC(=O)OCC(COP(=O)(O)OCC(N)C(=O)O)OC(=O)CCC/C=C\CC1C(O)CC(O)C1/C=C/C(O)CCCCC. The zero-order chi connectivity index (χ0) is 43.7. The smallest absolute Gasteiger partial charge is 0.472 e. The molecule has 0 saturated heterocycles. The Labute approximate surface area is 353 Å². The number of hydrogen-bond donors (Lipinski definition) is 6. The molecule has 0 aliphatic heterocycles. The maximum absolute atomic E-state index is 12.7. The predicted octanol–water partition coefficient (Wildman–Crippen LogP) is 8.00. The molecule has 59 heavy (non-hydrogen) atoms. The molecule has 0 spiro atoms. The van der Waals surface area contributed by atoms with Gasteiger partial charge in [-0.05, 0) is 63.7 Å². The first-order chi connectivity index (χ1) is 28.3. The quantitative estimate of drug-likeness (QED) is 0.0150. The second-order valence-electron chi connectivity index (χ2n) is 15.8. The van der Waals surface area contributed by atoms with Gasteiger partial charge in [-0.2, -0.15) is 0 Å². The van der Waals surface area contributed by atoms with Crippen molar-refractivity contribution in [1.29, 1.82) is 0 Å². The number of esters is 2. The highest BCUT2D eigenvalue weighted by atomic mass is 31.2. The van der Waals surface area contributed by atoms with Crippen molar-refractivity contribution >= 4 is 25.7 Å². The van der Waals surface area contributed by atoms with E-state index in [1.54, 1.807) is 6.08 Å². The second-order valence-corrected chi connectivity index (χ2v) is 17.2. The molecule has 1 saturated carbocycles. The van der Waals surface area contributed by atoms with E-state index >= 15 is 0 Å². The van der Waals surface area contributed by atoms with Crippen LogP contribution in [0.5, 0.6) is 0 Å². The molecule has 0 amide bonds. The van der Waals surface area contributed by atoms with Crippen LogP contribution in [0.4, 0.5) is 0 Å². The van der Waals surface area contributed by atoms with Gasteiger partial charge in [0.15, 0.2) is 6.10 Å². The average Bonchev–Trinajstić information content (AvgIpc) is 3.47. The number of aliphatic carboxylic acids is 1. The summed E-state index contributed by atoms with van der Waals surface area (Å²) in [6.07, 6.45) is 28.8. The Morgan fingerprint density at radius 3 is 1.95 bits per heavy atom. The molecular formula is C44H78NO13P. The topological polar surface area (TPSA) is 232 Å². The van der Waals surface area contributed by atoms with Crippen molar-refractivity contribution in [1.82, 2.24) is 0 Å². The highest BCUT2D eigenvalue weighted by Gasteiger charge is 2.39. The number of carbonyl (C=O) groups excluding carboxylic acids is 2. The molecule has 15 heteroatoms. The van der Waals surface area contributed by atoms with Gasteiger partial charge in [0.25, 0.3) is 0 Å². The first-order valence-electron chi connectivity index (χ1n) is 22.3. The van der Waals surface area contributed by atoms with Crippen molar-refractivity contribution in [3.05, 3.63) is 36.5 Å². The second kappa shape index (κ2) is 34.2. The Balaban J connectivity index is 2.52. The predicted molar refractivity (Wildman–Crippen MR) is 228 cm³/mol.